The van der Waals surface area contributed by atoms with Crippen LogP contribution in [0.25, 0.3) is 5.69 Å². The highest BCUT2D eigenvalue weighted by Gasteiger charge is 2.18. The number of benzene rings is 2. The van der Waals surface area contributed by atoms with Crippen molar-refractivity contribution in [1.82, 2.24) is 14.5 Å². The molecule has 140 valence electrons. The van der Waals surface area contributed by atoms with Crippen molar-refractivity contribution < 1.29 is 9.18 Å². The van der Waals surface area contributed by atoms with Crippen LogP contribution >= 0.6 is 0 Å². The van der Waals surface area contributed by atoms with Crippen LogP contribution in [0, 0.1) is 5.82 Å². The van der Waals surface area contributed by atoms with Crippen LogP contribution in [0.5, 0.6) is 0 Å². The molecule has 0 aliphatic heterocycles. The maximum absolute atomic E-state index is 13.2. The van der Waals surface area contributed by atoms with Gasteiger partial charge in [0, 0.05) is 19.3 Å². The van der Waals surface area contributed by atoms with Gasteiger partial charge in [0.25, 0.3) is 5.91 Å². The van der Waals surface area contributed by atoms with Crippen LogP contribution in [0.4, 0.5) is 4.39 Å². The minimum atomic E-state index is -0.317. The molecule has 1 aromatic heterocycles. The van der Waals surface area contributed by atoms with Crippen LogP contribution in [0.2, 0.25) is 0 Å². The monoisotopic (exact) mass is 365 g/mol. The maximum atomic E-state index is 13.2. The largest absolute Gasteiger partial charge is 0.336 e. The first-order valence-electron chi connectivity index (χ1n) is 8.89. The number of amides is 1. The number of hydrogen-bond acceptors (Lipinski definition) is 2. The summed E-state index contributed by atoms with van der Waals surface area (Å²) in [7, 11) is 1.77. The van der Waals surface area contributed by atoms with E-state index in [-0.39, 0.29) is 17.1 Å². The zero-order valence-electron chi connectivity index (χ0n) is 16.1. The Labute approximate surface area is 159 Å². The second-order valence-corrected chi connectivity index (χ2v) is 7.73. The Morgan fingerprint density at radius 1 is 1.07 bits per heavy atom. The Kier molecular flexibility index (Phi) is 5.13. The molecule has 1 amide bonds. The van der Waals surface area contributed by atoms with Crippen molar-refractivity contribution in [3.8, 4) is 5.69 Å². The molecular weight excluding hydrogens is 341 g/mol. The van der Waals surface area contributed by atoms with Crippen molar-refractivity contribution in [3.05, 3.63) is 83.7 Å². The molecule has 0 unspecified atom stereocenters. The molecule has 0 N–H and O–H groups in total. The van der Waals surface area contributed by atoms with Gasteiger partial charge in [-0.3, -0.25) is 9.36 Å². The van der Waals surface area contributed by atoms with E-state index in [1.807, 2.05) is 0 Å². The molecule has 5 heteroatoms. The third-order valence-corrected chi connectivity index (χ3v) is 4.55. The number of carbonyl (C=O) groups is 1. The Bertz CT molecular complexity index is 921. The standard InChI is InChI=1S/C22H24FN3O/c1-22(2,3)17-7-5-16(6-8-17)14-25(4)21(27)20-13-24-15-26(20)19-11-9-18(23)10-12-19/h5-13,15H,14H2,1-4H3. The molecule has 4 nitrogen and oxygen atoms in total. The topological polar surface area (TPSA) is 38.1 Å². The number of carbonyl (C=O) groups excluding carboxylic acids is 1. The van der Waals surface area contributed by atoms with Gasteiger partial charge in [-0.05, 0) is 40.8 Å². The second-order valence-electron chi connectivity index (χ2n) is 7.73. The van der Waals surface area contributed by atoms with Crippen LogP contribution < -0.4 is 0 Å². The van der Waals surface area contributed by atoms with Crippen molar-refractivity contribution in [1.29, 1.82) is 0 Å². The van der Waals surface area contributed by atoms with Crippen LogP contribution in [0.3, 0.4) is 0 Å². The van der Waals surface area contributed by atoms with Gasteiger partial charge in [0.2, 0.25) is 0 Å². The lowest BCUT2D eigenvalue weighted by molar-refractivity contribution is 0.0777. The zero-order valence-corrected chi connectivity index (χ0v) is 16.1. The fraction of sp³-hybridized carbons (Fsp3) is 0.273. The minimum absolute atomic E-state index is 0.0991. The van der Waals surface area contributed by atoms with Gasteiger partial charge in [-0.15, -0.1) is 0 Å². The molecular formula is C22H24FN3O. The minimum Gasteiger partial charge on any atom is -0.336 e. The number of halogens is 1. The molecule has 0 saturated heterocycles. The van der Waals surface area contributed by atoms with E-state index < -0.39 is 0 Å². The third kappa shape index (κ3) is 4.25. The van der Waals surface area contributed by atoms with E-state index in [4.69, 9.17) is 0 Å². The van der Waals surface area contributed by atoms with Gasteiger partial charge in [0.1, 0.15) is 11.5 Å². The molecule has 2 aromatic carbocycles. The van der Waals surface area contributed by atoms with Gasteiger partial charge < -0.3 is 4.90 Å². The number of imidazole rings is 1. The average Bonchev–Trinajstić information content (AvgIpc) is 3.11. The van der Waals surface area contributed by atoms with Gasteiger partial charge in [-0.1, -0.05) is 45.0 Å². The first-order valence-corrected chi connectivity index (χ1v) is 8.89. The van der Waals surface area contributed by atoms with E-state index in [1.165, 1.54) is 23.9 Å². The van der Waals surface area contributed by atoms with Crippen LogP contribution in [-0.2, 0) is 12.0 Å². The summed E-state index contributed by atoms with van der Waals surface area (Å²) in [5, 5.41) is 0. The lowest BCUT2D eigenvalue weighted by Gasteiger charge is -2.21. The van der Waals surface area contributed by atoms with Crippen molar-refractivity contribution in [3.63, 3.8) is 0 Å². The lowest BCUT2D eigenvalue weighted by Crippen LogP contribution is -2.28. The predicted octanol–water partition coefficient (Wildman–Crippen LogP) is 4.58. The fourth-order valence-electron chi connectivity index (χ4n) is 2.91. The number of hydrogen-bond donors (Lipinski definition) is 0. The normalized spacial score (nSPS) is 11.4. The molecule has 0 atom stereocenters. The Morgan fingerprint density at radius 2 is 1.70 bits per heavy atom. The summed E-state index contributed by atoms with van der Waals surface area (Å²) in [6, 6.07) is 14.3. The summed E-state index contributed by atoms with van der Waals surface area (Å²) < 4.78 is 14.8. The molecule has 0 radical (unpaired) electrons. The zero-order chi connectivity index (χ0) is 19.6. The number of nitrogens with zero attached hydrogens (tertiary/aromatic N) is 3. The van der Waals surface area contributed by atoms with Crippen LogP contribution in [-0.4, -0.2) is 27.4 Å². The molecule has 1 heterocycles. The molecule has 3 aromatic rings. The van der Waals surface area contributed by atoms with Crippen molar-refractivity contribution >= 4 is 5.91 Å². The van der Waals surface area contributed by atoms with E-state index in [2.05, 4.69) is 50.0 Å². The summed E-state index contributed by atoms with van der Waals surface area (Å²) >= 11 is 0. The van der Waals surface area contributed by atoms with E-state index in [0.717, 1.165) is 5.56 Å². The van der Waals surface area contributed by atoms with Gasteiger partial charge >= 0.3 is 0 Å². The highest BCUT2D eigenvalue weighted by atomic mass is 19.1. The highest BCUT2D eigenvalue weighted by Crippen LogP contribution is 2.22. The molecule has 0 fully saturated rings. The average molecular weight is 365 g/mol. The van der Waals surface area contributed by atoms with E-state index in [0.29, 0.717) is 17.9 Å². The molecule has 0 spiro atoms. The summed E-state index contributed by atoms with van der Waals surface area (Å²) in [6.45, 7) is 7.02. The highest BCUT2D eigenvalue weighted by molar-refractivity contribution is 5.92. The third-order valence-electron chi connectivity index (χ3n) is 4.55. The smallest absolute Gasteiger partial charge is 0.272 e. The van der Waals surface area contributed by atoms with Crippen molar-refractivity contribution in [2.75, 3.05) is 7.05 Å². The van der Waals surface area contributed by atoms with Crippen LogP contribution in [0.15, 0.2) is 61.1 Å². The number of rotatable bonds is 4. The first kappa shape index (κ1) is 18.8. The van der Waals surface area contributed by atoms with Gasteiger partial charge in [0.05, 0.1) is 12.5 Å². The molecule has 0 aliphatic rings. The van der Waals surface area contributed by atoms with Crippen molar-refractivity contribution in [2.45, 2.75) is 32.7 Å². The van der Waals surface area contributed by atoms with E-state index in [9.17, 15) is 9.18 Å². The van der Waals surface area contributed by atoms with E-state index >= 15 is 0 Å². The fourth-order valence-corrected chi connectivity index (χ4v) is 2.91. The van der Waals surface area contributed by atoms with Gasteiger partial charge in [0.15, 0.2) is 0 Å². The van der Waals surface area contributed by atoms with Crippen LogP contribution in [0.1, 0.15) is 42.4 Å². The Hall–Kier alpha value is -2.95. The predicted molar refractivity (Wildman–Crippen MR) is 104 cm³/mol. The van der Waals surface area contributed by atoms with E-state index in [1.54, 1.807) is 35.0 Å². The first-order chi connectivity index (χ1) is 12.8. The number of aromatic nitrogens is 2. The molecule has 27 heavy (non-hydrogen) atoms. The Balaban J connectivity index is 1.77. The van der Waals surface area contributed by atoms with Gasteiger partial charge in [-0.2, -0.15) is 0 Å². The van der Waals surface area contributed by atoms with Crippen molar-refractivity contribution in [2.24, 2.45) is 0 Å². The Morgan fingerprint density at radius 3 is 2.30 bits per heavy atom. The summed E-state index contributed by atoms with van der Waals surface area (Å²) in [5.74, 6) is -0.459. The molecule has 0 saturated carbocycles. The lowest BCUT2D eigenvalue weighted by atomic mass is 9.87. The quantitative estimate of drug-likeness (QED) is 0.679. The summed E-state index contributed by atoms with van der Waals surface area (Å²) in [5.41, 5.74) is 3.55. The molecule has 0 bridgehead atoms. The summed E-state index contributed by atoms with van der Waals surface area (Å²) in [4.78, 5) is 18.6. The maximum Gasteiger partial charge on any atom is 0.272 e. The molecule has 3 rings (SSSR count). The second kappa shape index (κ2) is 7.35. The van der Waals surface area contributed by atoms with Gasteiger partial charge in [-0.25, -0.2) is 9.37 Å². The SMILES string of the molecule is CN(Cc1ccc(C(C)(C)C)cc1)C(=O)c1cncn1-c1ccc(F)cc1. The molecule has 0 aliphatic carbocycles. The summed E-state index contributed by atoms with van der Waals surface area (Å²) in [6.07, 6.45) is 3.09.